The number of fused-ring (bicyclic) bond motifs is 1. The predicted molar refractivity (Wildman–Crippen MR) is 243 cm³/mol. The van der Waals surface area contributed by atoms with Gasteiger partial charge in [0, 0.05) is 88.0 Å². The third kappa shape index (κ3) is 15.7. The molecule has 0 aliphatic carbocycles. The molecule has 2 unspecified atom stereocenters. The summed E-state index contributed by atoms with van der Waals surface area (Å²) in [7, 11) is 0. The molecule has 15 heteroatoms. The maximum absolute atomic E-state index is 12.3. The van der Waals surface area contributed by atoms with Gasteiger partial charge in [0.25, 0.3) is 0 Å². The summed E-state index contributed by atoms with van der Waals surface area (Å²) in [5.41, 5.74) is 6.19. The highest BCUT2D eigenvalue weighted by Gasteiger charge is 2.42. The summed E-state index contributed by atoms with van der Waals surface area (Å²) in [6, 6.07) is 30.9. The number of nitrogens with one attached hydrogen (secondary N) is 3. The van der Waals surface area contributed by atoms with E-state index in [4.69, 9.17) is 14.2 Å². The highest BCUT2D eigenvalue weighted by Crippen LogP contribution is 2.33. The highest BCUT2D eigenvalue weighted by atomic mass is 32.2. The number of amides is 3. The van der Waals surface area contributed by atoms with Crippen LogP contribution in [0.1, 0.15) is 59.6 Å². The minimum atomic E-state index is -0.0626. The van der Waals surface area contributed by atoms with Crippen molar-refractivity contribution in [1.29, 1.82) is 0 Å². The topological polar surface area (TPSA) is 156 Å². The van der Waals surface area contributed by atoms with Crippen LogP contribution in [0, 0.1) is 0 Å². The fourth-order valence-corrected chi connectivity index (χ4v) is 9.44. The van der Waals surface area contributed by atoms with Crippen molar-refractivity contribution in [3.8, 4) is 5.75 Å². The van der Waals surface area contributed by atoms with Gasteiger partial charge in [-0.15, -0.1) is 0 Å². The number of unbranched alkanes of at least 4 members (excludes halogenated alkanes) is 1. The first kappa shape index (κ1) is 45.6. The summed E-state index contributed by atoms with van der Waals surface area (Å²) in [5.74, 6) is 1.76. The van der Waals surface area contributed by atoms with Crippen molar-refractivity contribution in [3.63, 3.8) is 0 Å². The number of aromatic nitrogens is 4. The van der Waals surface area contributed by atoms with Crippen molar-refractivity contribution in [1.82, 2.24) is 45.7 Å². The number of thioether (sulfide) groups is 1. The number of hydrogen-bond donors (Lipinski definition) is 3. The Bertz CT molecular complexity index is 1920. The smallest absolute Gasteiger partial charge is 0.315 e. The van der Waals surface area contributed by atoms with Gasteiger partial charge in [0.1, 0.15) is 12.4 Å². The second kappa shape index (κ2) is 25.0. The third-order valence-corrected chi connectivity index (χ3v) is 12.3. The predicted octanol–water partition coefficient (Wildman–Crippen LogP) is 5.93. The SMILES string of the molecule is O=C(CCCC[C@@H]1SCC2NC(=O)NC21)NCCOCCOCCOc1cc(CN(Cc2ccccn2)Cc2ccccn2)cc(CN(Cc2ccccn2)Cc2ccccn2)c1. The van der Waals surface area contributed by atoms with Gasteiger partial charge >= 0.3 is 6.03 Å². The van der Waals surface area contributed by atoms with E-state index in [1.54, 1.807) is 0 Å². The quantitative estimate of drug-likeness (QED) is 0.0424. The third-order valence-electron chi connectivity index (χ3n) is 10.8. The van der Waals surface area contributed by atoms with Gasteiger partial charge in [-0.3, -0.25) is 34.5 Å². The molecule has 2 fully saturated rings. The maximum atomic E-state index is 12.3. The summed E-state index contributed by atoms with van der Waals surface area (Å²) < 4.78 is 17.9. The van der Waals surface area contributed by atoms with E-state index >= 15 is 0 Å². The molecular formula is C48H59N9O5S. The maximum Gasteiger partial charge on any atom is 0.315 e. The lowest BCUT2D eigenvalue weighted by Crippen LogP contribution is -2.36. The van der Waals surface area contributed by atoms with Gasteiger partial charge in [0.2, 0.25) is 5.91 Å². The molecule has 2 saturated heterocycles. The van der Waals surface area contributed by atoms with Crippen molar-refractivity contribution in [3.05, 3.63) is 150 Å². The molecule has 6 heterocycles. The second-order valence-corrected chi connectivity index (χ2v) is 17.1. The van der Waals surface area contributed by atoms with Gasteiger partial charge < -0.3 is 30.2 Å². The first-order chi connectivity index (χ1) is 31.0. The van der Waals surface area contributed by atoms with Crippen molar-refractivity contribution in [2.45, 2.75) is 82.3 Å². The molecule has 332 valence electrons. The molecule has 3 N–H and O–H groups in total. The zero-order valence-electron chi connectivity index (χ0n) is 35.9. The zero-order valence-corrected chi connectivity index (χ0v) is 36.7. The number of hydrogen-bond acceptors (Lipinski definition) is 12. The number of rotatable bonds is 27. The summed E-state index contributed by atoms with van der Waals surface area (Å²) in [6.07, 6.45) is 10.6. The zero-order chi connectivity index (χ0) is 43.3. The van der Waals surface area contributed by atoms with Crippen LogP contribution < -0.4 is 20.7 Å². The van der Waals surface area contributed by atoms with Gasteiger partial charge in [0.05, 0.1) is 61.3 Å². The normalized spacial score (nSPS) is 16.8. The van der Waals surface area contributed by atoms with Crippen LogP contribution in [0.2, 0.25) is 0 Å². The van der Waals surface area contributed by atoms with Crippen LogP contribution in [-0.4, -0.2) is 104 Å². The molecule has 63 heavy (non-hydrogen) atoms. The summed E-state index contributed by atoms with van der Waals surface area (Å²) >= 11 is 1.90. The molecule has 0 bridgehead atoms. The number of ether oxygens (including phenoxy) is 3. The highest BCUT2D eigenvalue weighted by molar-refractivity contribution is 8.00. The van der Waals surface area contributed by atoms with Crippen LogP contribution in [0.15, 0.2) is 116 Å². The van der Waals surface area contributed by atoms with E-state index in [-0.39, 0.29) is 24.0 Å². The molecule has 2 aliphatic heterocycles. The van der Waals surface area contributed by atoms with Crippen LogP contribution in [0.4, 0.5) is 4.79 Å². The number of nitrogens with zero attached hydrogens (tertiary/aromatic N) is 6. The fourth-order valence-electron chi connectivity index (χ4n) is 7.89. The Morgan fingerprint density at radius 3 is 1.70 bits per heavy atom. The van der Waals surface area contributed by atoms with Gasteiger partial charge in [-0.2, -0.15) is 11.8 Å². The molecule has 0 radical (unpaired) electrons. The first-order valence-corrected chi connectivity index (χ1v) is 23.0. The number of urea groups is 1. The van der Waals surface area contributed by atoms with Gasteiger partial charge in [-0.1, -0.05) is 36.8 Å². The Morgan fingerprint density at radius 1 is 0.651 bits per heavy atom. The molecular weight excluding hydrogens is 815 g/mol. The molecule has 2 aliphatic rings. The summed E-state index contributed by atoms with van der Waals surface area (Å²) in [6.45, 7) is 6.47. The Balaban J connectivity index is 0.888. The van der Waals surface area contributed by atoms with Crippen molar-refractivity contribution >= 4 is 23.7 Å². The van der Waals surface area contributed by atoms with Crippen molar-refractivity contribution in [2.24, 2.45) is 0 Å². The molecule has 7 rings (SSSR count). The largest absolute Gasteiger partial charge is 0.491 e. The van der Waals surface area contributed by atoms with Crippen LogP contribution >= 0.6 is 11.8 Å². The van der Waals surface area contributed by atoms with Crippen molar-refractivity contribution < 1.29 is 23.8 Å². The molecule has 5 aromatic rings. The van der Waals surface area contributed by atoms with Gasteiger partial charge in [0.15, 0.2) is 0 Å². The van der Waals surface area contributed by atoms with Crippen LogP contribution in [-0.2, 0) is 53.5 Å². The Morgan fingerprint density at radius 2 is 1.17 bits per heavy atom. The fraction of sp³-hybridized carbons (Fsp3) is 0.417. The molecule has 0 saturated carbocycles. The average molecular weight is 874 g/mol. The van der Waals surface area contributed by atoms with E-state index in [1.807, 2.05) is 85.1 Å². The minimum absolute atomic E-state index is 0.0373. The Labute approximate surface area is 375 Å². The number of carbonyl (C=O) groups is 2. The lowest BCUT2D eigenvalue weighted by Gasteiger charge is -2.25. The van der Waals surface area contributed by atoms with Gasteiger partial charge in [-0.05, 0) is 84.6 Å². The summed E-state index contributed by atoms with van der Waals surface area (Å²) in [5, 5.41) is 9.37. The lowest BCUT2D eigenvalue weighted by molar-refractivity contribution is -0.121. The first-order valence-electron chi connectivity index (χ1n) is 21.9. The summed E-state index contributed by atoms with van der Waals surface area (Å²) in [4.78, 5) is 47.1. The second-order valence-electron chi connectivity index (χ2n) is 15.9. The lowest BCUT2D eigenvalue weighted by atomic mass is 10.0. The molecule has 3 atom stereocenters. The van der Waals surface area contributed by atoms with Crippen LogP contribution in [0.25, 0.3) is 0 Å². The van der Waals surface area contributed by atoms with Crippen molar-refractivity contribution in [2.75, 3.05) is 45.3 Å². The van der Waals surface area contributed by atoms with E-state index < -0.39 is 0 Å². The number of carbonyl (C=O) groups excluding carboxylic acids is 2. The molecule has 1 aromatic carbocycles. The van der Waals surface area contributed by atoms with E-state index in [9.17, 15) is 9.59 Å². The standard InChI is InChI=1S/C48H59N9O5S/c58-46(16-2-1-15-45-47-44(36-63-45)54-48(59)55-47)53-21-22-60-23-24-61-25-26-62-43-28-37(30-56(32-39-11-3-7-17-49-39)33-40-12-4-8-18-50-40)27-38(29-43)31-57(34-41-13-5-9-19-51-41)35-42-14-6-10-20-52-42/h3-14,17-20,27-29,44-45,47H,1-2,15-16,21-26,30-36H2,(H,53,58)(H2,54,55,59)/t44?,45-,47?/m0/s1. The van der Waals surface area contributed by atoms with E-state index in [0.29, 0.717) is 90.5 Å². The average Bonchev–Trinajstić information content (AvgIpc) is 3.86. The monoisotopic (exact) mass is 873 g/mol. The molecule has 14 nitrogen and oxygen atoms in total. The van der Waals surface area contributed by atoms with E-state index in [0.717, 1.165) is 64.7 Å². The van der Waals surface area contributed by atoms with Crippen LogP contribution in [0.3, 0.4) is 0 Å². The van der Waals surface area contributed by atoms with Crippen LogP contribution in [0.5, 0.6) is 5.75 Å². The van der Waals surface area contributed by atoms with E-state index in [1.165, 1.54) is 0 Å². The van der Waals surface area contributed by atoms with E-state index in [2.05, 4.69) is 88.2 Å². The van der Waals surface area contributed by atoms with Gasteiger partial charge in [-0.25, -0.2) is 4.79 Å². The number of pyridine rings is 4. The number of benzene rings is 1. The Kier molecular flexibility index (Phi) is 18.1. The molecule has 0 spiro atoms. The molecule has 4 aromatic heterocycles. The Hall–Kier alpha value is -5.45. The minimum Gasteiger partial charge on any atom is -0.491 e. The molecule has 3 amide bonds.